The highest BCUT2D eigenvalue weighted by Crippen LogP contribution is 2.25. The van der Waals surface area contributed by atoms with Gasteiger partial charge in [-0.15, -0.1) is 0 Å². The third kappa shape index (κ3) is 1.63. The third-order valence-electron chi connectivity index (χ3n) is 2.59. The molecule has 3 rings (SSSR count). The van der Waals surface area contributed by atoms with Crippen molar-refractivity contribution >= 4 is 26.8 Å². The van der Waals surface area contributed by atoms with Gasteiger partial charge in [0.05, 0.1) is 0 Å². The summed E-state index contributed by atoms with van der Waals surface area (Å²) in [7, 11) is 0. The van der Waals surface area contributed by atoms with Gasteiger partial charge in [0.25, 0.3) is 0 Å². The molecule has 2 heterocycles. The first-order chi connectivity index (χ1) is 7.83. The maximum atomic E-state index is 4.17. The summed E-state index contributed by atoms with van der Waals surface area (Å²) in [5.41, 5.74) is 3.46. The highest BCUT2D eigenvalue weighted by Gasteiger charge is 2.01. The number of hydrogen-bond donors (Lipinski definition) is 1. The van der Waals surface area contributed by atoms with Crippen LogP contribution in [0.15, 0.2) is 53.4 Å². The van der Waals surface area contributed by atoms with Crippen molar-refractivity contribution in [1.29, 1.82) is 0 Å². The molecule has 16 heavy (non-hydrogen) atoms. The second-order valence-electron chi connectivity index (χ2n) is 3.67. The Labute approximate surface area is 101 Å². The standard InChI is InChI=1S/C13H9BrN2/c14-12-6-11(7-15-8-12)9-1-2-13-10(5-9)3-4-16-13/h1-8,16H. The van der Waals surface area contributed by atoms with Crippen LogP contribution in [0.3, 0.4) is 0 Å². The predicted octanol–water partition coefficient (Wildman–Crippen LogP) is 3.99. The predicted molar refractivity (Wildman–Crippen MR) is 69.2 cm³/mol. The summed E-state index contributed by atoms with van der Waals surface area (Å²) in [6.45, 7) is 0. The summed E-state index contributed by atoms with van der Waals surface area (Å²) in [6, 6.07) is 10.5. The Morgan fingerprint density at radius 1 is 1.00 bits per heavy atom. The SMILES string of the molecule is Brc1cncc(-c2ccc3[nH]ccc3c2)c1. The zero-order valence-electron chi connectivity index (χ0n) is 8.44. The molecule has 1 aromatic carbocycles. The van der Waals surface area contributed by atoms with Gasteiger partial charge in [-0.3, -0.25) is 4.98 Å². The molecule has 2 aromatic heterocycles. The van der Waals surface area contributed by atoms with E-state index in [1.807, 2.05) is 12.4 Å². The first-order valence-corrected chi connectivity index (χ1v) is 5.80. The van der Waals surface area contributed by atoms with E-state index in [2.05, 4.69) is 56.2 Å². The molecule has 0 saturated carbocycles. The number of hydrogen-bond acceptors (Lipinski definition) is 1. The summed E-state index contributed by atoms with van der Waals surface area (Å²) in [5, 5.41) is 1.22. The Bertz CT molecular complexity index is 643. The topological polar surface area (TPSA) is 28.7 Å². The maximum Gasteiger partial charge on any atom is 0.0454 e. The molecule has 0 fully saturated rings. The van der Waals surface area contributed by atoms with Crippen LogP contribution in [0.4, 0.5) is 0 Å². The van der Waals surface area contributed by atoms with Gasteiger partial charge < -0.3 is 4.98 Å². The zero-order chi connectivity index (χ0) is 11.0. The van der Waals surface area contributed by atoms with Crippen LogP contribution < -0.4 is 0 Å². The van der Waals surface area contributed by atoms with Crippen molar-refractivity contribution in [3.05, 3.63) is 53.4 Å². The van der Waals surface area contributed by atoms with Gasteiger partial charge >= 0.3 is 0 Å². The quantitative estimate of drug-likeness (QED) is 0.713. The molecule has 0 aliphatic carbocycles. The molecule has 0 atom stereocenters. The average Bonchev–Trinajstić information content (AvgIpc) is 2.75. The van der Waals surface area contributed by atoms with Gasteiger partial charge in [0.2, 0.25) is 0 Å². The van der Waals surface area contributed by atoms with E-state index in [4.69, 9.17) is 0 Å². The molecule has 0 amide bonds. The number of fused-ring (bicyclic) bond motifs is 1. The fraction of sp³-hybridized carbons (Fsp3) is 0. The van der Waals surface area contributed by atoms with E-state index in [1.54, 1.807) is 6.20 Å². The van der Waals surface area contributed by atoms with Crippen molar-refractivity contribution in [2.45, 2.75) is 0 Å². The van der Waals surface area contributed by atoms with Crippen LogP contribution in [-0.4, -0.2) is 9.97 Å². The molecule has 78 valence electrons. The third-order valence-corrected chi connectivity index (χ3v) is 3.03. The van der Waals surface area contributed by atoms with Crippen molar-refractivity contribution < 1.29 is 0 Å². The van der Waals surface area contributed by atoms with Crippen LogP contribution in [0.1, 0.15) is 0 Å². The van der Waals surface area contributed by atoms with E-state index >= 15 is 0 Å². The molecule has 0 aliphatic rings. The van der Waals surface area contributed by atoms with Gasteiger partial charge in [0, 0.05) is 34.1 Å². The minimum atomic E-state index is 0.999. The molecule has 2 nitrogen and oxygen atoms in total. The molecule has 3 aromatic rings. The number of rotatable bonds is 1. The summed E-state index contributed by atoms with van der Waals surface area (Å²) < 4.78 is 0.999. The van der Waals surface area contributed by atoms with Gasteiger partial charge in [0.15, 0.2) is 0 Å². The highest BCUT2D eigenvalue weighted by atomic mass is 79.9. The highest BCUT2D eigenvalue weighted by molar-refractivity contribution is 9.10. The van der Waals surface area contributed by atoms with Crippen molar-refractivity contribution in [1.82, 2.24) is 9.97 Å². The second kappa shape index (κ2) is 3.76. The number of nitrogens with one attached hydrogen (secondary N) is 1. The van der Waals surface area contributed by atoms with Crippen LogP contribution in [0.25, 0.3) is 22.0 Å². The molecular formula is C13H9BrN2. The molecule has 0 aliphatic heterocycles. The molecule has 0 spiro atoms. The van der Waals surface area contributed by atoms with E-state index in [0.29, 0.717) is 0 Å². The van der Waals surface area contributed by atoms with Gasteiger partial charge in [-0.1, -0.05) is 6.07 Å². The van der Waals surface area contributed by atoms with Crippen LogP contribution >= 0.6 is 15.9 Å². The molecule has 0 radical (unpaired) electrons. The van der Waals surface area contributed by atoms with E-state index in [-0.39, 0.29) is 0 Å². The number of H-pyrrole nitrogens is 1. The Hall–Kier alpha value is -1.61. The lowest BCUT2D eigenvalue weighted by Gasteiger charge is -2.01. The molecular weight excluding hydrogens is 264 g/mol. The number of pyridine rings is 1. The largest absolute Gasteiger partial charge is 0.361 e. The van der Waals surface area contributed by atoms with E-state index in [1.165, 1.54) is 10.9 Å². The molecule has 0 bridgehead atoms. The fourth-order valence-electron chi connectivity index (χ4n) is 1.80. The van der Waals surface area contributed by atoms with E-state index in [0.717, 1.165) is 15.6 Å². The first-order valence-electron chi connectivity index (χ1n) is 5.01. The molecule has 0 saturated heterocycles. The van der Waals surface area contributed by atoms with E-state index in [9.17, 15) is 0 Å². The Kier molecular flexibility index (Phi) is 2.26. The minimum absolute atomic E-state index is 0.999. The van der Waals surface area contributed by atoms with Crippen molar-refractivity contribution in [2.75, 3.05) is 0 Å². The number of benzene rings is 1. The average molecular weight is 273 g/mol. The Morgan fingerprint density at radius 3 is 2.81 bits per heavy atom. The lowest BCUT2D eigenvalue weighted by molar-refractivity contribution is 1.31. The summed E-state index contributed by atoms with van der Waals surface area (Å²) in [6.07, 6.45) is 5.62. The fourth-order valence-corrected chi connectivity index (χ4v) is 2.17. The van der Waals surface area contributed by atoms with Crippen molar-refractivity contribution in [3.63, 3.8) is 0 Å². The normalized spacial score (nSPS) is 10.8. The number of aromatic amines is 1. The van der Waals surface area contributed by atoms with Gasteiger partial charge in [-0.2, -0.15) is 0 Å². The Morgan fingerprint density at radius 2 is 1.94 bits per heavy atom. The van der Waals surface area contributed by atoms with Gasteiger partial charge in [0.1, 0.15) is 0 Å². The monoisotopic (exact) mass is 272 g/mol. The molecule has 1 N–H and O–H groups in total. The lowest BCUT2D eigenvalue weighted by atomic mass is 10.1. The summed E-state index contributed by atoms with van der Waals surface area (Å²) in [5.74, 6) is 0. The molecule has 3 heteroatoms. The van der Waals surface area contributed by atoms with Crippen LogP contribution in [-0.2, 0) is 0 Å². The van der Waals surface area contributed by atoms with Gasteiger partial charge in [-0.25, -0.2) is 0 Å². The molecule has 0 unspecified atom stereocenters. The van der Waals surface area contributed by atoms with Crippen molar-refractivity contribution in [2.24, 2.45) is 0 Å². The zero-order valence-corrected chi connectivity index (χ0v) is 10.0. The van der Waals surface area contributed by atoms with Crippen LogP contribution in [0.5, 0.6) is 0 Å². The van der Waals surface area contributed by atoms with Gasteiger partial charge in [-0.05, 0) is 51.1 Å². The minimum Gasteiger partial charge on any atom is -0.361 e. The number of aromatic nitrogens is 2. The first kappa shape index (κ1) is 9.60. The maximum absolute atomic E-state index is 4.17. The lowest BCUT2D eigenvalue weighted by Crippen LogP contribution is -1.80. The Balaban J connectivity index is 2.18. The summed E-state index contributed by atoms with van der Waals surface area (Å²) >= 11 is 3.43. The smallest absolute Gasteiger partial charge is 0.0454 e. The van der Waals surface area contributed by atoms with Crippen molar-refractivity contribution in [3.8, 4) is 11.1 Å². The number of nitrogens with zero attached hydrogens (tertiary/aromatic N) is 1. The van der Waals surface area contributed by atoms with Crippen LogP contribution in [0, 0.1) is 0 Å². The number of halogens is 1. The van der Waals surface area contributed by atoms with E-state index < -0.39 is 0 Å². The van der Waals surface area contributed by atoms with Crippen LogP contribution in [0.2, 0.25) is 0 Å². The second-order valence-corrected chi connectivity index (χ2v) is 4.59. The summed E-state index contributed by atoms with van der Waals surface area (Å²) in [4.78, 5) is 7.36.